The molecular formula is C14H25N3. The minimum Gasteiger partial charge on any atom is -0.359 e. The molecule has 0 radical (unpaired) electrons. The van der Waals surface area contributed by atoms with Gasteiger partial charge < -0.3 is 10.2 Å². The first-order chi connectivity index (χ1) is 8.08. The molecule has 1 aromatic rings. The zero-order valence-corrected chi connectivity index (χ0v) is 11.7. The molecule has 2 atom stereocenters. The molecule has 0 bridgehead atoms. The predicted octanol–water partition coefficient (Wildman–Crippen LogP) is 2.84. The van der Waals surface area contributed by atoms with Crippen molar-refractivity contribution in [3.63, 3.8) is 0 Å². The molecular weight excluding hydrogens is 210 g/mol. The summed E-state index contributed by atoms with van der Waals surface area (Å²) in [5, 5.41) is 3.25. The van der Waals surface area contributed by atoms with Crippen LogP contribution in [0.2, 0.25) is 0 Å². The quantitative estimate of drug-likeness (QED) is 0.822. The standard InChI is InChI=1S/C14H25N3/c1-6-11(2)10-17(5)14-9-13(7-8-16-14)12(3)15-4/h7-9,11-12,15H,6,10H2,1-5H3. The van der Waals surface area contributed by atoms with E-state index < -0.39 is 0 Å². The van der Waals surface area contributed by atoms with E-state index in [1.807, 2.05) is 13.2 Å². The number of rotatable bonds is 6. The van der Waals surface area contributed by atoms with Crippen LogP contribution in [0, 0.1) is 5.92 Å². The van der Waals surface area contributed by atoms with Crippen molar-refractivity contribution in [2.75, 3.05) is 25.5 Å². The van der Waals surface area contributed by atoms with Gasteiger partial charge in [-0.1, -0.05) is 20.3 Å². The Labute approximate surface area is 105 Å². The lowest BCUT2D eigenvalue weighted by atomic mass is 10.1. The van der Waals surface area contributed by atoms with E-state index in [1.165, 1.54) is 12.0 Å². The van der Waals surface area contributed by atoms with Crippen molar-refractivity contribution in [3.8, 4) is 0 Å². The fourth-order valence-corrected chi connectivity index (χ4v) is 1.77. The van der Waals surface area contributed by atoms with Crippen LogP contribution in [0.15, 0.2) is 18.3 Å². The average molecular weight is 235 g/mol. The Morgan fingerprint density at radius 3 is 2.71 bits per heavy atom. The summed E-state index contributed by atoms with van der Waals surface area (Å²) in [7, 11) is 4.09. The summed E-state index contributed by atoms with van der Waals surface area (Å²) in [6.07, 6.45) is 3.10. The number of anilines is 1. The highest BCUT2D eigenvalue weighted by Crippen LogP contribution is 2.18. The Morgan fingerprint density at radius 2 is 2.12 bits per heavy atom. The number of nitrogens with zero attached hydrogens (tertiary/aromatic N) is 2. The van der Waals surface area contributed by atoms with E-state index in [0.29, 0.717) is 12.0 Å². The second-order valence-electron chi connectivity index (χ2n) is 4.85. The maximum absolute atomic E-state index is 4.44. The number of nitrogens with one attached hydrogen (secondary N) is 1. The zero-order valence-electron chi connectivity index (χ0n) is 11.7. The fraction of sp³-hybridized carbons (Fsp3) is 0.643. The largest absolute Gasteiger partial charge is 0.359 e. The minimum atomic E-state index is 0.369. The zero-order chi connectivity index (χ0) is 12.8. The van der Waals surface area contributed by atoms with Gasteiger partial charge in [-0.2, -0.15) is 0 Å². The smallest absolute Gasteiger partial charge is 0.128 e. The molecule has 0 spiro atoms. The molecule has 3 heteroatoms. The molecule has 0 aliphatic heterocycles. The van der Waals surface area contributed by atoms with Crippen LogP contribution >= 0.6 is 0 Å². The lowest BCUT2D eigenvalue weighted by molar-refractivity contribution is 0.557. The van der Waals surface area contributed by atoms with Crippen molar-refractivity contribution in [2.24, 2.45) is 5.92 Å². The van der Waals surface area contributed by atoms with Gasteiger partial charge in [0.05, 0.1) is 0 Å². The molecule has 96 valence electrons. The predicted molar refractivity (Wildman–Crippen MR) is 74.4 cm³/mol. The molecule has 0 fully saturated rings. The van der Waals surface area contributed by atoms with Crippen LogP contribution < -0.4 is 10.2 Å². The molecule has 0 saturated heterocycles. The first-order valence-corrected chi connectivity index (χ1v) is 6.42. The summed E-state index contributed by atoms with van der Waals surface area (Å²) in [6, 6.07) is 4.61. The summed E-state index contributed by atoms with van der Waals surface area (Å²) in [4.78, 5) is 6.68. The van der Waals surface area contributed by atoms with E-state index in [2.05, 4.69) is 55.2 Å². The van der Waals surface area contributed by atoms with E-state index in [4.69, 9.17) is 0 Å². The third-order valence-electron chi connectivity index (χ3n) is 3.38. The Kier molecular flexibility index (Phi) is 5.42. The molecule has 0 aliphatic rings. The molecule has 17 heavy (non-hydrogen) atoms. The van der Waals surface area contributed by atoms with Gasteiger partial charge in [-0.25, -0.2) is 4.98 Å². The minimum absolute atomic E-state index is 0.369. The summed E-state index contributed by atoms with van der Waals surface area (Å²) in [5.41, 5.74) is 1.29. The molecule has 1 rings (SSSR count). The van der Waals surface area contributed by atoms with Gasteiger partial charge in [-0.05, 0) is 37.6 Å². The number of pyridine rings is 1. The van der Waals surface area contributed by atoms with Crippen LogP contribution in [-0.4, -0.2) is 25.6 Å². The maximum atomic E-state index is 4.44. The van der Waals surface area contributed by atoms with E-state index in [-0.39, 0.29) is 0 Å². The number of hydrogen-bond acceptors (Lipinski definition) is 3. The molecule has 0 saturated carbocycles. The third kappa shape index (κ3) is 4.00. The number of aromatic nitrogens is 1. The normalized spacial score (nSPS) is 14.4. The van der Waals surface area contributed by atoms with E-state index in [0.717, 1.165) is 12.4 Å². The molecule has 1 N–H and O–H groups in total. The Bertz CT molecular complexity index is 338. The highest BCUT2D eigenvalue weighted by Gasteiger charge is 2.09. The third-order valence-corrected chi connectivity index (χ3v) is 3.38. The SMILES string of the molecule is CCC(C)CN(C)c1cc(C(C)NC)ccn1. The van der Waals surface area contributed by atoms with Gasteiger partial charge in [-0.3, -0.25) is 0 Å². The summed E-state index contributed by atoms with van der Waals surface area (Å²) in [6.45, 7) is 7.72. The van der Waals surface area contributed by atoms with Crippen molar-refractivity contribution < 1.29 is 0 Å². The second kappa shape index (κ2) is 6.60. The van der Waals surface area contributed by atoms with Crippen LogP contribution in [0.5, 0.6) is 0 Å². The van der Waals surface area contributed by atoms with Crippen LogP contribution in [0.25, 0.3) is 0 Å². The summed E-state index contributed by atoms with van der Waals surface area (Å²) >= 11 is 0. The van der Waals surface area contributed by atoms with E-state index in [1.54, 1.807) is 0 Å². The monoisotopic (exact) mass is 235 g/mol. The van der Waals surface area contributed by atoms with Crippen LogP contribution in [-0.2, 0) is 0 Å². The Balaban J connectivity index is 2.76. The van der Waals surface area contributed by atoms with Crippen LogP contribution in [0.3, 0.4) is 0 Å². The first kappa shape index (κ1) is 14.0. The molecule has 0 aromatic carbocycles. The highest BCUT2D eigenvalue weighted by molar-refractivity contribution is 5.40. The molecule has 1 aromatic heterocycles. The molecule has 0 aliphatic carbocycles. The average Bonchev–Trinajstić information content (AvgIpc) is 2.37. The van der Waals surface area contributed by atoms with Gasteiger partial charge in [-0.15, -0.1) is 0 Å². The van der Waals surface area contributed by atoms with Gasteiger partial charge in [0.15, 0.2) is 0 Å². The topological polar surface area (TPSA) is 28.2 Å². The second-order valence-corrected chi connectivity index (χ2v) is 4.85. The van der Waals surface area contributed by atoms with Crippen molar-refractivity contribution in [1.29, 1.82) is 0 Å². The maximum Gasteiger partial charge on any atom is 0.128 e. The molecule has 0 amide bonds. The molecule has 3 nitrogen and oxygen atoms in total. The van der Waals surface area contributed by atoms with Gasteiger partial charge in [0.25, 0.3) is 0 Å². The Morgan fingerprint density at radius 1 is 1.41 bits per heavy atom. The van der Waals surface area contributed by atoms with Crippen molar-refractivity contribution >= 4 is 5.82 Å². The van der Waals surface area contributed by atoms with Gasteiger partial charge in [0.2, 0.25) is 0 Å². The van der Waals surface area contributed by atoms with Gasteiger partial charge in [0, 0.05) is 25.8 Å². The first-order valence-electron chi connectivity index (χ1n) is 6.42. The fourth-order valence-electron chi connectivity index (χ4n) is 1.77. The van der Waals surface area contributed by atoms with Gasteiger partial charge in [0.1, 0.15) is 5.82 Å². The molecule has 1 heterocycles. The van der Waals surface area contributed by atoms with Crippen molar-refractivity contribution in [2.45, 2.75) is 33.2 Å². The van der Waals surface area contributed by atoms with Crippen LogP contribution in [0.1, 0.15) is 38.8 Å². The summed E-state index contributed by atoms with van der Waals surface area (Å²) in [5.74, 6) is 1.76. The number of hydrogen-bond donors (Lipinski definition) is 1. The van der Waals surface area contributed by atoms with Crippen LogP contribution in [0.4, 0.5) is 5.82 Å². The van der Waals surface area contributed by atoms with Crippen molar-refractivity contribution in [3.05, 3.63) is 23.9 Å². The summed E-state index contributed by atoms with van der Waals surface area (Å²) < 4.78 is 0. The Hall–Kier alpha value is -1.09. The lowest BCUT2D eigenvalue weighted by Gasteiger charge is -2.23. The molecule has 2 unspecified atom stereocenters. The highest BCUT2D eigenvalue weighted by atomic mass is 15.2. The van der Waals surface area contributed by atoms with E-state index in [9.17, 15) is 0 Å². The van der Waals surface area contributed by atoms with Crippen molar-refractivity contribution in [1.82, 2.24) is 10.3 Å². The van der Waals surface area contributed by atoms with Gasteiger partial charge >= 0.3 is 0 Å². The lowest BCUT2D eigenvalue weighted by Crippen LogP contribution is -2.25. The van der Waals surface area contributed by atoms with E-state index >= 15 is 0 Å².